The number of thiophene rings is 1. The maximum atomic E-state index is 4.90. The molecule has 0 spiro atoms. The van der Waals surface area contributed by atoms with E-state index in [-0.39, 0.29) is 0 Å². The Labute approximate surface area is 152 Å². The van der Waals surface area contributed by atoms with E-state index in [0.29, 0.717) is 0 Å². The minimum absolute atomic E-state index is 0.827. The van der Waals surface area contributed by atoms with Crippen LogP contribution in [0, 0.1) is 0 Å². The van der Waals surface area contributed by atoms with Crippen LogP contribution in [0.25, 0.3) is 15.9 Å². The average molecular weight is 360 g/mol. The summed E-state index contributed by atoms with van der Waals surface area (Å²) in [7, 11) is 0. The number of rotatable bonds is 7. The molecule has 0 saturated carbocycles. The Bertz CT molecular complexity index is 863. The van der Waals surface area contributed by atoms with E-state index in [1.165, 1.54) is 54.7 Å². The first-order chi connectivity index (χ1) is 12.3. The van der Waals surface area contributed by atoms with Crippen molar-refractivity contribution in [1.82, 2.24) is 19.6 Å². The van der Waals surface area contributed by atoms with Gasteiger partial charge in [-0.15, -0.1) is 11.3 Å². The number of nitrogens with zero attached hydrogens (tertiary/aromatic N) is 4. The summed E-state index contributed by atoms with van der Waals surface area (Å²) in [6.45, 7) is 8.99. The average Bonchev–Trinajstić information content (AvgIpc) is 3.25. The number of fused-ring (bicyclic) bond motifs is 5. The van der Waals surface area contributed by atoms with E-state index in [0.717, 1.165) is 35.8 Å². The Morgan fingerprint density at radius 3 is 2.92 bits per heavy atom. The molecule has 0 atom stereocenters. The zero-order valence-electron chi connectivity index (χ0n) is 15.1. The molecule has 0 saturated heterocycles. The highest BCUT2D eigenvalue weighted by Crippen LogP contribution is 2.37. The number of quaternary nitrogens is 1. The van der Waals surface area contributed by atoms with Crippen LogP contribution in [0.2, 0.25) is 0 Å². The summed E-state index contributed by atoms with van der Waals surface area (Å²) in [5.41, 5.74) is 2.43. The zero-order chi connectivity index (χ0) is 17.2. The van der Waals surface area contributed by atoms with Crippen molar-refractivity contribution in [1.29, 1.82) is 0 Å². The second-order valence-electron chi connectivity index (χ2n) is 6.81. The molecule has 0 aliphatic heterocycles. The van der Waals surface area contributed by atoms with Crippen molar-refractivity contribution in [2.45, 2.75) is 46.0 Å². The molecule has 0 fully saturated rings. The number of aromatic nitrogens is 4. The summed E-state index contributed by atoms with van der Waals surface area (Å²) in [5.74, 6) is 0.827. The standard InChI is InChI=1S/C18H26N6S/c1-3-23(4-2)11-7-10-19-18-22-17-15(16-20-12-21-24(16)18)13-8-5-6-9-14(13)25-17/h12H,3-11H2,1-2H3,(H,19,22)/p+1. The molecule has 2 N–H and O–H groups in total. The Kier molecular flexibility index (Phi) is 4.85. The zero-order valence-corrected chi connectivity index (χ0v) is 16.0. The van der Waals surface area contributed by atoms with Crippen LogP contribution in [-0.2, 0) is 12.8 Å². The van der Waals surface area contributed by atoms with Crippen LogP contribution < -0.4 is 10.2 Å². The summed E-state index contributed by atoms with van der Waals surface area (Å²) in [6.07, 6.45) is 7.68. The van der Waals surface area contributed by atoms with Crippen LogP contribution in [0.3, 0.4) is 0 Å². The van der Waals surface area contributed by atoms with Crippen molar-refractivity contribution in [3.05, 3.63) is 16.8 Å². The van der Waals surface area contributed by atoms with E-state index in [1.54, 1.807) is 11.2 Å². The minimum Gasteiger partial charge on any atom is -0.354 e. The molecule has 134 valence electrons. The summed E-state index contributed by atoms with van der Waals surface area (Å²) in [4.78, 5) is 13.7. The number of nitrogens with one attached hydrogen (secondary N) is 2. The maximum absolute atomic E-state index is 4.90. The largest absolute Gasteiger partial charge is 0.354 e. The van der Waals surface area contributed by atoms with Gasteiger partial charge in [0.15, 0.2) is 5.65 Å². The first-order valence-corrected chi connectivity index (χ1v) is 10.3. The van der Waals surface area contributed by atoms with E-state index in [1.807, 2.05) is 15.9 Å². The predicted octanol–water partition coefficient (Wildman–Crippen LogP) is 1.94. The SMILES string of the molecule is CC[NH+](CC)CCCNc1nc2sc3c(c2c2ncnn12)CCCC3. The number of hydrogen-bond donors (Lipinski definition) is 2. The lowest BCUT2D eigenvalue weighted by atomic mass is 9.97. The molecule has 0 bridgehead atoms. The maximum Gasteiger partial charge on any atom is 0.227 e. The smallest absolute Gasteiger partial charge is 0.227 e. The first-order valence-electron chi connectivity index (χ1n) is 9.53. The van der Waals surface area contributed by atoms with Gasteiger partial charge in [0.1, 0.15) is 11.2 Å². The van der Waals surface area contributed by atoms with Gasteiger partial charge in [0, 0.05) is 17.8 Å². The molecule has 0 amide bonds. The lowest BCUT2D eigenvalue weighted by Crippen LogP contribution is -3.11. The van der Waals surface area contributed by atoms with Gasteiger partial charge in [-0.1, -0.05) is 0 Å². The fourth-order valence-electron chi connectivity index (χ4n) is 3.83. The molecule has 6 nitrogen and oxygen atoms in total. The Balaban J connectivity index is 1.60. The van der Waals surface area contributed by atoms with Gasteiger partial charge in [-0.05, 0) is 45.1 Å². The molecule has 7 heteroatoms. The van der Waals surface area contributed by atoms with Crippen molar-refractivity contribution in [3.63, 3.8) is 0 Å². The summed E-state index contributed by atoms with van der Waals surface area (Å²) in [6, 6.07) is 0. The van der Waals surface area contributed by atoms with Crippen LogP contribution in [0.5, 0.6) is 0 Å². The highest BCUT2D eigenvalue weighted by atomic mass is 32.1. The third-order valence-corrected chi connectivity index (χ3v) is 6.51. The van der Waals surface area contributed by atoms with Gasteiger partial charge in [-0.2, -0.15) is 9.61 Å². The minimum atomic E-state index is 0.827. The van der Waals surface area contributed by atoms with Crippen molar-refractivity contribution in [3.8, 4) is 0 Å². The van der Waals surface area contributed by atoms with Gasteiger partial charge in [0.25, 0.3) is 0 Å². The fraction of sp³-hybridized carbons (Fsp3) is 0.611. The van der Waals surface area contributed by atoms with Gasteiger partial charge in [-0.25, -0.2) is 9.97 Å². The molecule has 3 heterocycles. The van der Waals surface area contributed by atoms with E-state index in [9.17, 15) is 0 Å². The Hall–Kier alpha value is -1.73. The Morgan fingerprint density at radius 1 is 1.24 bits per heavy atom. The third-order valence-electron chi connectivity index (χ3n) is 5.32. The van der Waals surface area contributed by atoms with Gasteiger partial charge < -0.3 is 10.2 Å². The molecule has 3 aromatic rings. The first kappa shape index (κ1) is 16.7. The molecule has 25 heavy (non-hydrogen) atoms. The van der Waals surface area contributed by atoms with Gasteiger partial charge in [0.05, 0.1) is 25.0 Å². The lowest BCUT2D eigenvalue weighted by molar-refractivity contribution is -0.896. The third kappa shape index (κ3) is 3.11. The van der Waals surface area contributed by atoms with Crippen LogP contribution in [-0.4, -0.2) is 45.8 Å². The highest BCUT2D eigenvalue weighted by molar-refractivity contribution is 7.19. The number of aryl methyl sites for hydroxylation is 2. The van der Waals surface area contributed by atoms with Gasteiger partial charge >= 0.3 is 0 Å². The summed E-state index contributed by atoms with van der Waals surface area (Å²) >= 11 is 1.85. The highest BCUT2D eigenvalue weighted by Gasteiger charge is 2.21. The van der Waals surface area contributed by atoms with E-state index in [2.05, 4.69) is 29.2 Å². The monoisotopic (exact) mass is 359 g/mol. The molecule has 1 aliphatic carbocycles. The van der Waals surface area contributed by atoms with Crippen molar-refractivity contribution < 1.29 is 4.90 Å². The van der Waals surface area contributed by atoms with Crippen LogP contribution >= 0.6 is 11.3 Å². The summed E-state index contributed by atoms with van der Waals surface area (Å²) < 4.78 is 1.88. The molecule has 3 aromatic heterocycles. The number of hydrogen-bond acceptors (Lipinski definition) is 5. The lowest BCUT2D eigenvalue weighted by Gasteiger charge is -2.15. The quantitative estimate of drug-likeness (QED) is 0.633. The Morgan fingerprint density at radius 2 is 2.08 bits per heavy atom. The molecule has 4 rings (SSSR count). The molecule has 0 aromatic carbocycles. The normalized spacial score (nSPS) is 14.5. The van der Waals surface area contributed by atoms with Crippen molar-refractivity contribution in [2.24, 2.45) is 0 Å². The van der Waals surface area contributed by atoms with Crippen molar-refractivity contribution >= 4 is 33.1 Å². The topological polar surface area (TPSA) is 59.5 Å². The summed E-state index contributed by atoms with van der Waals surface area (Å²) in [5, 5.41) is 9.15. The predicted molar refractivity (Wildman–Crippen MR) is 103 cm³/mol. The van der Waals surface area contributed by atoms with Crippen LogP contribution in [0.4, 0.5) is 5.95 Å². The van der Waals surface area contributed by atoms with Crippen LogP contribution in [0.15, 0.2) is 6.33 Å². The van der Waals surface area contributed by atoms with Crippen LogP contribution in [0.1, 0.15) is 43.6 Å². The molecular formula is C18H27N6S+. The number of anilines is 1. The molecule has 0 unspecified atom stereocenters. The second kappa shape index (κ2) is 7.25. The second-order valence-corrected chi connectivity index (χ2v) is 7.89. The van der Waals surface area contributed by atoms with E-state index < -0.39 is 0 Å². The van der Waals surface area contributed by atoms with Gasteiger partial charge in [-0.3, -0.25) is 0 Å². The molecule has 1 aliphatic rings. The van der Waals surface area contributed by atoms with E-state index in [4.69, 9.17) is 4.98 Å². The molecular weight excluding hydrogens is 332 g/mol. The van der Waals surface area contributed by atoms with Crippen molar-refractivity contribution in [2.75, 3.05) is 31.5 Å². The molecule has 0 radical (unpaired) electrons. The van der Waals surface area contributed by atoms with Gasteiger partial charge in [0.2, 0.25) is 5.95 Å². The van der Waals surface area contributed by atoms with E-state index >= 15 is 0 Å². The fourth-order valence-corrected chi connectivity index (χ4v) is 5.08.